The second-order valence-electron chi connectivity index (χ2n) is 8.28. The van der Waals surface area contributed by atoms with Crippen LogP contribution in [0.3, 0.4) is 0 Å². The summed E-state index contributed by atoms with van der Waals surface area (Å²) in [7, 11) is 1.32. The lowest BCUT2D eigenvalue weighted by molar-refractivity contribution is 0.0486. The van der Waals surface area contributed by atoms with Crippen molar-refractivity contribution in [1.82, 2.24) is 4.90 Å². The van der Waals surface area contributed by atoms with Gasteiger partial charge in [0.1, 0.15) is 5.58 Å². The standard InChI is InChI=1S/C25H23NO6/c1-14-5-10-19-18(12-14)22(27)20-21(15-6-8-16(9-7-15)25(29)30-2)26(24(28)23(20)32-19)13-17-4-3-11-31-17/h5-10,12,17,21H,3-4,11,13H2,1-2H3/t17-,21-/m1/s1. The molecule has 2 aliphatic rings. The maximum absolute atomic E-state index is 13.6. The van der Waals surface area contributed by atoms with Crippen molar-refractivity contribution < 1.29 is 23.5 Å². The summed E-state index contributed by atoms with van der Waals surface area (Å²) < 4.78 is 16.5. The van der Waals surface area contributed by atoms with E-state index >= 15 is 0 Å². The van der Waals surface area contributed by atoms with E-state index in [1.54, 1.807) is 41.3 Å². The van der Waals surface area contributed by atoms with Crippen LogP contribution in [0, 0.1) is 6.92 Å². The Balaban J connectivity index is 1.66. The number of carbonyl (C=O) groups excluding carboxylic acids is 2. The molecule has 164 valence electrons. The molecule has 1 amide bonds. The highest BCUT2D eigenvalue weighted by Crippen LogP contribution is 2.39. The lowest BCUT2D eigenvalue weighted by Gasteiger charge is -2.27. The summed E-state index contributed by atoms with van der Waals surface area (Å²) in [4.78, 5) is 40.5. The van der Waals surface area contributed by atoms with Crippen molar-refractivity contribution in [3.8, 4) is 0 Å². The maximum atomic E-state index is 13.6. The summed E-state index contributed by atoms with van der Waals surface area (Å²) in [5, 5.41) is 0.451. The normalized spacial score (nSPS) is 20.1. The van der Waals surface area contributed by atoms with Gasteiger partial charge < -0.3 is 18.8 Å². The number of aryl methyl sites for hydroxylation is 1. The summed E-state index contributed by atoms with van der Waals surface area (Å²) >= 11 is 0. The van der Waals surface area contributed by atoms with Gasteiger partial charge in [0.05, 0.1) is 35.8 Å². The van der Waals surface area contributed by atoms with Crippen LogP contribution in [0.5, 0.6) is 0 Å². The van der Waals surface area contributed by atoms with Crippen molar-refractivity contribution in [2.45, 2.75) is 31.9 Å². The van der Waals surface area contributed by atoms with E-state index in [0.717, 1.165) is 24.0 Å². The van der Waals surface area contributed by atoms with Crippen LogP contribution in [0.15, 0.2) is 51.7 Å². The van der Waals surface area contributed by atoms with Gasteiger partial charge in [-0.15, -0.1) is 0 Å². The summed E-state index contributed by atoms with van der Waals surface area (Å²) in [5.74, 6) is -0.694. The van der Waals surface area contributed by atoms with E-state index in [2.05, 4.69) is 0 Å². The SMILES string of the molecule is COC(=O)c1ccc([C@@H]2c3c(oc4ccc(C)cc4c3=O)C(=O)N2C[C@H]2CCCO2)cc1. The molecule has 0 spiro atoms. The van der Waals surface area contributed by atoms with Crippen molar-refractivity contribution in [3.63, 3.8) is 0 Å². The lowest BCUT2D eigenvalue weighted by atomic mass is 9.97. The van der Waals surface area contributed by atoms with Gasteiger partial charge in [-0.1, -0.05) is 23.8 Å². The smallest absolute Gasteiger partial charge is 0.337 e. The number of hydrogen-bond donors (Lipinski definition) is 0. The molecule has 0 aliphatic carbocycles. The summed E-state index contributed by atoms with van der Waals surface area (Å²) in [6.07, 6.45) is 1.71. The number of rotatable bonds is 4. The van der Waals surface area contributed by atoms with E-state index in [1.807, 2.05) is 13.0 Å². The molecule has 1 aromatic heterocycles. The summed E-state index contributed by atoms with van der Waals surface area (Å²) in [5.41, 5.74) is 2.57. The highest BCUT2D eigenvalue weighted by molar-refractivity contribution is 5.99. The first-order chi connectivity index (χ1) is 15.5. The number of benzene rings is 2. The third kappa shape index (κ3) is 3.29. The van der Waals surface area contributed by atoms with Crippen LogP contribution in [-0.4, -0.2) is 43.1 Å². The fourth-order valence-corrected chi connectivity index (χ4v) is 4.60. The first kappa shape index (κ1) is 20.5. The zero-order valence-electron chi connectivity index (χ0n) is 17.9. The van der Waals surface area contributed by atoms with Crippen LogP contribution < -0.4 is 5.43 Å². The molecule has 7 heteroatoms. The second kappa shape index (κ2) is 7.91. The molecule has 2 atom stereocenters. The molecule has 32 heavy (non-hydrogen) atoms. The zero-order valence-corrected chi connectivity index (χ0v) is 17.9. The molecule has 3 heterocycles. The van der Waals surface area contributed by atoms with Gasteiger partial charge in [-0.05, 0) is 49.6 Å². The number of amides is 1. The molecule has 0 unspecified atom stereocenters. The fraction of sp³-hybridized carbons (Fsp3) is 0.320. The molecular weight excluding hydrogens is 410 g/mol. The Morgan fingerprint density at radius 3 is 2.62 bits per heavy atom. The average molecular weight is 433 g/mol. The number of carbonyl (C=O) groups is 2. The summed E-state index contributed by atoms with van der Waals surface area (Å²) in [6.45, 7) is 2.93. The molecule has 0 bridgehead atoms. The van der Waals surface area contributed by atoms with E-state index in [4.69, 9.17) is 13.9 Å². The molecule has 0 saturated carbocycles. The van der Waals surface area contributed by atoms with Crippen molar-refractivity contribution >= 4 is 22.8 Å². The molecule has 0 N–H and O–H groups in total. The molecule has 1 saturated heterocycles. The van der Waals surface area contributed by atoms with Crippen LogP contribution in [0.2, 0.25) is 0 Å². The van der Waals surface area contributed by atoms with Crippen molar-refractivity contribution in [2.24, 2.45) is 0 Å². The molecule has 3 aromatic rings. The predicted molar refractivity (Wildman–Crippen MR) is 117 cm³/mol. The number of fused-ring (bicyclic) bond motifs is 2. The fourth-order valence-electron chi connectivity index (χ4n) is 4.60. The van der Waals surface area contributed by atoms with E-state index in [1.165, 1.54) is 7.11 Å². The van der Waals surface area contributed by atoms with E-state index in [0.29, 0.717) is 35.2 Å². The van der Waals surface area contributed by atoms with Gasteiger partial charge in [0.25, 0.3) is 5.91 Å². The highest BCUT2D eigenvalue weighted by Gasteiger charge is 2.43. The minimum Gasteiger partial charge on any atom is -0.465 e. The zero-order chi connectivity index (χ0) is 22.4. The first-order valence-electron chi connectivity index (χ1n) is 10.7. The number of hydrogen-bond acceptors (Lipinski definition) is 6. The first-order valence-corrected chi connectivity index (χ1v) is 10.7. The Labute approximate surface area is 184 Å². The van der Waals surface area contributed by atoms with Crippen LogP contribution in [0.1, 0.15) is 56.5 Å². The van der Waals surface area contributed by atoms with Gasteiger partial charge in [0.2, 0.25) is 5.76 Å². The van der Waals surface area contributed by atoms with Crippen molar-refractivity contribution in [1.29, 1.82) is 0 Å². The Hall–Kier alpha value is -3.45. The van der Waals surface area contributed by atoms with Gasteiger partial charge in [0.15, 0.2) is 5.43 Å². The van der Waals surface area contributed by atoms with E-state index < -0.39 is 12.0 Å². The topological polar surface area (TPSA) is 86.0 Å². The quantitative estimate of drug-likeness (QED) is 0.585. The third-order valence-electron chi connectivity index (χ3n) is 6.19. The van der Waals surface area contributed by atoms with Crippen LogP contribution >= 0.6 is 0 Å². The van der Waals surface area contributed by atoms with Gasteiger partial charge in [-0.25, -0.2) is 4.79 Å². The Kier molecular flexibility index (Phi) is 5.06. The number of ether oxygens (including phenoxy) is 2. The second-order valence-corrected chi connectivity index (χ2v) is 8.28. The molecule has 0 radical (unpaired) electrons. The van der Waals surface area contributed by atoms with Gasteiger partial charge in [0, 0.05) is 13.2 Å². The molecule has 2 aromatic carbocycles. The van der Waals surface area contributed by atoms with Crippen LogP contribution in [-0.2, 0) is 9.47 Å². The van der Waals surface area contributed by atoms with Crippen LogP contribution in [0.25, 0.3) is 11.0 Å². The van der Waals surface area contributed by atoms with Gasteiger partial charge >= 0.3 is 5.97 Å². The van der Waals surface area contributed by atoms with E-state index in [-0.39, 0.29) is 23.2 Å². The van der Waals surface area contributed by atoms with Gasteiger partial charge in [-0.2, -0.15) is 0 Å². The Morgan fingerprint density at radius 1 is 1.16 bits per heavy atom. The number of esters is 1. The number of nitrogens with zero attached hydrogens (tertiary/aromatic N) is 1. The third-order valence-corrected chi connectivity index (χ3v) is 6.19. The largest absolute Gasteiger partial charge is 0.465 e. The number of methoxy groups -OCH3 is 1. The van der Waals surface area contributed by atoms with Crippen molar-refractivity contribution in [2.75, 3.05) is 20.3 Å². The lowest BCUT2D eigenvalue weighted by Crippen LogP contribution is -2.36. The maximum Gasteiger partial charge on any atom is 0.337 e. The predicted octanol–water partition coefficient (Wildman–Crippen LogP) is 3.61. The minimum atomic E-state index is -0.616. The molecule has 1 fully saturated rings. The van der Waals surface area contributed by atoms with Gasteiger partial charge in [-0.3, -0.25) is 9.59 Å². The highest BCUT2D eigenvalue weighted by atomic mass is 16.5. The molecule has 7 nitrogen and oxygen atoms in total. The Bertz CT molecular complexity index is 1270. The average Bonchev–Trinajstić information content (AvgIpc) is 3.41. The summed E-state index contributed by atoms with van der Waals surface area (Å²) in [6, 6.07) is 11.5. The molecular formula is C25H23NO6. The van der Waals surface area contributed by atoms with Crippen LogP contribution in [0.4, 0.5) is 0 Å². The molecule has 5 rings (SSSR count). The monoisotopic (exact) mass is 433 g/mol. The molecule has 2 aliphatic heterocycles. The Morgan fingerprint density at radius 2 is 1.94 bits per heavy atom. The minimum absolute atomic E-state index is 0.0754. The van der Waals surface area contributed by atoms with Crippen molar-refractivity contribution in [3.05, 3.63) is 80.7 Å². The van der Waals surface area contributed by atoms with E-state index in [9.17, 15) is 14.4 Å².